The molecule has 2 N–H and O–H groups in total. The summed E-state index contributed by atoms with van der Waals surface area (Å²) in [5.41, 5.74) is 1.97. The van der Waals surface area contributed by atoms with Crippen LogP contribution in [0.1, 0.15) is 35.3 Å². The Kier molecular flexibility index (Phi) is 3.02. The molecule has 1 atom stereocenters. The lowest BCUT2D eigenvalue weighted by molar-refractivity contribution is 0.0955. The fourth-order valence-electron chi connectivity index (χ4n) is 1.73. The van der Waals surface area contributed by atoms with Crippen molar-refractivity contribution in [3.05, 3.63) is 35.4 Å². The van der Waals surface area contributed by atoms with Gasteiger partial charge in [0.2, 0.25) is 0 Å². The molecule has 80 valence electrons. The van der Waals surface area contributed by atoms with Gasteiger partial charge in [0.05, 0.1) is 0 Å². The molecule has 0 radical (unpaired) electrons. The van der Waals surface area contributed by atoms with Gasteiger partial charge in [0.1, 0.15) is 0 Å². The SMILES string of the molecule is CCNC(=O)c1cccc(C2CCN2)c1. The van der Waals surface area contributed by atoms with Crippen molar-refractivity contribution in [2.75, 3.05) is 13.1 Å². The first-order chi connectivity index (χ1) is 7.31. The molecule has 1 aromatic rings. The summed E-state index contributed by atoms with van der Waals surface area (Å²) in [6.45, 7) is 3.68. The first-order valence-electron chi connectivity index (χ1n) is 5.43. The number of nitrogens with one attached hydrogen (secondary N) is 2. The maximum absolute atomic E-state index is 11.6. The largest absolute Gasteiger partial charge is 0.352 e. The Hall–Kier alpha value is -1.35. The highest BCUT2D eigenvalue weighted by Crippen LogP contribution is 2.23. The minimum atomic E-state index is 0.0127. The summed E-state index contributed by atoms with van der Waals surface area (Å²) in [5, 5.41) is 6.13. The second kappa shape index (κ2) is 4.45. The maximum Gasteiger partial charge on any atom is 0.251 e. The van der Waals surface area contributed by atoms with Crippen LogP contribution in [0.2, 0.25) is 0 Å². The van der Waals surface area contributed by atoms with Crippen LogP contribution in [-0.4, -0.2) is 19.0 Å². The quantitative estimate of drug-likeness (QED) is 0.782. The van der Waals surface area contributed by atoms with E-state index in [4.69, 9.17) is 0 Å². The van der Waals surface area contributed by atoms with Gasteiger partial charge in [0, 0.05) is 18.2 Å². The van der Waals surface area contributed by atoms with Crippen LogP contribution in [0.3, 0.4) is 0 Å². The van der Waals surface area contributed by atoms with E-state index in [2.05, 4.69) is 16.7 Å². The summed E-state index contributed by atoms with van der Waals surface area (Å²) < 4.78 is 0. The smallest absolute Gasteiger partial charge is 0.251 e. The highest BCUT2D eigenvalue weighted by atomic mass is 16.1. The molecule has 0 saturated carbocycles. The Morgan fingerprint density at radius 2 is 2.40 bits per heavy atom. The van der Waals surface area contributed by atoms with Crippen LogP contribution >= 0.6 is 0 Å². The van der Waals surface area contributed by atoms with Crippen molar-refractivity contribution < 1.29 is 4.79 Å². The van der Waals surface area contributed by atoms with Gasteiger partial charge in [0.25, 0.3) is 5.91 Å². The van der Waals surface area contributed by atoms with Crippen molar-refractivity contribution >= 4 is 5.91 Å². The zero-order chi connectivity index (χ0) is 10.7. The van der Waals surface area contributed by atoms with Crippen LogP contribution in [0.25, 0.3) is 0 Å². The highest BCUT2D eigenvalue weighted by Gasteiger charge is 2.18. The van der Waals surface area contributed by atoms with Crippen molar-refractivity contribution in [1.29, 1.82) is 0 Å². The van der Waals surface area contributed by atoms with Gasteiger partial charge in [-0.2, -0.15) is 0 Å². The lowest BCUT2D eigenvalue weighted by Gasteiger charge is -2.28. The van der Waals surface area contributed by atoms with E-state index in [0.29, 0.717) is 12.6 Å². The van der Waals surface area contributed by atoms with Crippen LogP contribution in [0, 0.1) is 0 Å². The summed E-state index contributed by atoms with van der Waals surface area (Å²) in [6, 6.07) is 8.29. The van der Waals surface area contributed by atoms with E-state index >= 15 is 0 Å². The minimum absolute atomic E-state index is 0.0127. The molecular weight excluding hydrogens is 188 g/mol. The van der Waals surface area contributed by atoms with E-state index in [1.165, 1.54) is 12.0 Å². The number of hydrogen-bond donors (Lipinski definition) is 2. The van der Waals surface area contributed by atoms with Gasteiger partial charge in [-0.3, -0.25) is 4.79 Å². The summed E-state index contributed by atoms with van der Waals surface area (Å²) in [7, 11) is 0. The molecule has 0 spiro atoms. The zero-order valence-corrected chi connectivity index (χ0v) is 8.92. The molecule has 1 saturated heterocycles. The normalized spacial score (nSPS) is 19.4. The van der Waals surface area contributed by atoms with E-state index in [0.717, 1.165) is 12.1 Å². The topological polar surface area (TPSA) is 41.1 Å². The lowest BCUT2D eigenvalue weighted by Crippen LogP contribution is -2.35. The second-order valence-corrected chi connectivity index (χ2v) is 3.78. The van der Waals surface area contributed by atoms with E-state index in [1.807, 2.05) is 25.1 Å². The number of carbonyl (C=O) groups excluding carboxylic acids is 1. The van der Waals surface area contributed by atoms with Crippen LogP contribution in [0.4, 0.5) is 0 Å². The highest BCUT2D eigenvalue weighted by molar-refractivity contribution is 5.94. The number of amides is 1. The van der Waals surface area contributed by atoms with E-state index < -0.39 is 0 Å². The lowest BCUT2D eigenvalue weighted by atomic mass is 9.96. The van der Waals surface area contributed by atoms with Crippen LogP contribution < -0.4 is 10.6 Å². The fraction of sp³-hybridized carbons (Fsp3) is 0.417. The molecule has 1 aliphatic heterocycles. The molecule has 15 heavy (non-hydrogen) atoms. The number of rotatable bonds is 3. The van der Waals surface area contributed by atoms with Gasteiger partial charge in [0.15, 0.2) is 0 Å². The molecule has 1 heterocycles. The average molecular weight is 204 g/mol. The van der Waals surface area contributed by atoms with Crippen LogP contribution in [-0.2, 0) is 0 Å². The van der Waals surface area contributed by atoms with E-state index in [-0.39, 0.29) is 5.91 Å². The minimum Gasteiger partial charge on any atom is -0.352 e. The van der Waals surface area contributed by atoms with Crippen molar-refractivity contribution in [3.63, 3.8) is 0 Å². The van der Waals surface area contributed by atoms with Gasteiger partial charge < -0.3 is 10.6 Å². The molecule has 3 heteroatoms. The van der Waals surface area contributed by atoms with Crippen molar-refractivity contribution in [1.82, 2.24) is 10.6 Å². The average Bonchev–Trinajstić information content (AvgIpc) is 2.16. The Morgan fingerprint density at radius 1 is 1.60 bits per heavy atom. The molecule has 1 aliphatic rings. The predicted octanol–water partition coefficient (Wildman–Crippen LogP) is 1.47. The molecular formula is C12H16N2O. The van der Waals surface area contributed by atoms with Crippen molar-refractivity contribution in [2.24, 2.45) is 0 Å². The van der Waals surface area contributed by atoms with E-state index in [9.17, 15) is 4.79 Å². The molecule has 2 rings (SSSR count). The Balaban J connectivity index is 2.14. The predicted molar refractivity (Wildman–Crippen MR) is 59.8 cm³/mol. The summed E-state index contributed by atoms with van der Waals surface area (Å²) >= 11 is 0. The number of carbonyl (C=O) groups is 1. The third-order valence-electron chi connectivity index (χ3n) is 2.71. The summed E-state index contributed by atoms with van der Waals surface area (Å²) in [5.74, 6) is 0.0127. The molecule has 1 amide bonds. The zero-order valence-electron chi connectivity index (χ0n) is 8.92. The van der Waals surface area contributed by atoms with Gasteiger partial charge in [-0.25, -0.2) is 0 Å². The van der Waals surface area contributed by atoms with Gasteiger partial charge >= 0.3 is 0 Å². The molecule has 0 aromatic heterocycles. The fourth-order valence-corrected chi connectivity index (χ4v) is 1.73. The Morgan fingerprint density at radius 3 is 3.00 bits per heavy atom. The monoisotopic (exact) mass is 204 g/mol. The van der Waals surface area contributed by atoms with E-state index in [1.54, 1.807) is 0 Å². The third-order valence-corrected chi connectivity index (χ3v) is 2.71. The molecule has 0 bridgehead atoms. The summed E-state index contributed by atoms with van der Waals surface area (Å²) in [6.07, 6.45) is 1.17. The van der Waals surface area contributed by atoms with Gasteiger partial charge in [-0.05, 0) is 37.6 Å². The van der Waals surface area contributed by atoms with Gasteiger partial charge in [-0.15, -0.1) is 0 Å². The Labute approximate surface area is 89.9 Å². The maximum atomic E-state index is 11.6. The summed E-state index contributed by atoms with van der Waals surface area (Å²) in [4.78, 5) is 11.6. The van der Waals surface area contributed by atoms with Crippen LogP contribution in [0.15, 0.2) is 24.3 Å². The molecule has 1 unspecified atom stereocenters. The Bertz CT molecular complexity index is 358. The number of hydrogen-bond acceptors (Lipinski definition) is 2. The third kappa shape index (κ3) is 2.18. The number of benzene rings is 1. The van der Waals surface area contributed by atoms with Crippen molar-refractivity contribution in [2.45, 2.75) is 19.4 Å². The molecule has 1 aromatic carbocycles. The molecule has 1 fully saturated rings. The second-order valence-electron chi connectivity index (χ2n) is 3.78. The van der Waals surface area contributed by atoms with Gasteiger partial charge in [-0.1, -0.05) is 12.1 Å². The standard InChI is InChI=1S/C12H16N2O/c1-2-13-12(15)10-5-3-4-9(8-10)11-6-7-14-11/h3-5,8,11,14H,2,6-7H2,1H3,(H,13,15). The first-order valence-corrected chi connectivity index (χ1v) is 5.43. The first kappa shape index (κ1) is 10.2. The van der Waals surface area contributed by atoms with Crippen molar-refractivity contribution in [3.8, 4) is 0 Å². The van der Waals surface area contributed by atoms with Crippen LogP contribution in [0.5, 0.6) is 0 Å². The molecule has 0 aliphatic carbocycles. The molecule has 3 nitrogen and oxygen atoms in total.